The van der Waals surface area contributed by atoms with Crippen LogP contribution >= 0.6 is 0 Å². The summed E-state index contributed by atoms with van der Waals surface area (Å²) in [6, 6.07) is 7.74. The van der Waals surface area contributed by atoms with Crippen molar-refractivity contribution in [3.63, 3.8) is 0 Å². The molecule has 0 spiro atoms. The number of hydrogen-bond donors (Lipinski definition) is 3. The number of nitrogens with one attached hydrogen (secondary N) is 2. The first kappa shape index (κ1) is 23.8. The largest absolute Gasteiger partial charge is 0.378 e. The van der Waals surface area contributed by atoms with Crippen molar-refractivity contribution in [1.82, 2.24) is 25.4 Å². The minimum absolute atomic E-state index is 0.0340. The molecule has 2 saturated heterocycles. The van der Waals surface area contributed by atoms with Crippen molar-refractivity contribution in [2.24, 2.45) is 5.73 Å². The van der Waals surface area contributed by atoms with Gasteiger partial charge in [-0.2, -0.15) is 4.98 Å². The third-order valence-corrected chi connectivity index (χ3v) is 5.88. The van der Waals surface area contributed by atoms with Crippen molar-refractivity contribution in [2.75, 3.05) is 49.6 Å². The van der Waals surface area contributed by atoms with Crippen molar-refractivity contribution in [3.8, 4) is 0 Å². The van der Waals surface area contributed by atoms with Crippen LogP contribution in [-0.4, -0.2) is 83.4 Å². The zero-order valence-electron chi connectivity index (χ0n) is 19.7. The molecule has 1 aromatic carbocycles. The first-order valence-electron chi connectivity index (χ1n) is 11.7. The maximum absolute atomic E-state index is 12.7. The molecule has 1 aromatic heterocycles. The molecular weight excluding hydrogens is 436 g/mol. The number of benzene rings is 1. The fraction of sp³-hybridized carbons (Fsp3) is 0.522. The van der Waals surface area contributed by atoms with Gasteiger partial charge in [0.1, 0.15) is 0 Å². The zero-order chi connectivity index (χ0) is 24.1. The number of hydrogen-bond acceptors (Lipinski definition) is 9. The number of nitrogens with zero attached hydrogens (tertiary/aromatic N) is 5. The van der Waals surface area contributed by atoms with Gasteiger partial charge in [-0.3, -0.25) is 9.59 Å². The highest BCUT2D eigenvalue weighted by atomic mass is 16.5. The average Bonchev–Trinajstić information content (AvgIpc) is 2.84. The summed E-state index contributed by atoms with van der Waals surface area (Å²) in [6.45, 7) is 8.09. The van der Waals surface area contributed by atoms with Gasteiger partial charge in [-0.15, -0.1) is 10.2 Å². The van der Waals surface area contributed by atoms with Crippen molar-refractivity contribution in [2.45, 2.75) is 38.8 Å². The standard InChI is InChI=1S/C23H32N8O3/c1-15(2)25-18-4-3-9-31(14-18)23-27-21(19(20(24)32)28-29-23)26-17-7-5-16(6-8-17)22(33)30-10-12-34-13-11-30/h5-8,15,18,25H,3-4,9-14H2,1-2H3,(H2,24,32)(H,26,27,29). The minimum Gasteiger partial charge on any atom is -0.378 e. The summed E-state index contributed by atoms with van der Waals surface area (Å²) in [6.07, 6.45) is 2.09. The Balaban J connectivity index is 1.50. The van der Waals surface area contributed by atoms with E-state index in [-0.39, 0.29) is 17.4 Å². The van der Waals surface area contributed by atoms with E-state index in [0.717, 1.165) is 25.9 Å². The molecule has 0 saturated carbocycles. The lowest BCUT2D eigenvalue weighted by Crippen LogP contribution is -2.48. The number of morpholine rings is 1. The molecule has 2 aromatic rings. The lowest BCUT2D eigenvalue weighted by Gasteiger charge is -2.34. The minimum atomic E-state index is -0.717. The third kappa shape index (κ3) is 5.78. The molecule has 11 nitrogen and oxygen atoms in total. The van der Waals surface area contributed by atoms with Crippen molar-refractivity contribution in [3.05, 3.63) is 35.5 Å². The van der Waals surface area contributed by atoms with E-state index in [4.69, 9.17) is 10.5 Å². The molecule has 0 radical (unpaired) electrons. The van der Waals surface area contributed by atoms with E-state index in [2.05, 4.69) is 44.6 Å². The van der Waals surface area contributed by atoms with E-state index in [1.165, 1.54) is 0 Å². The lowest BCUT2D eigenvalue weighted by atomic mass is 10.1. The highest BCUT2D eigenvalue weighted by Gasteiger charge is 2.24. The van der Waals surface area contributed by atoms with Crippen LogP contribution in [0.25, 0.3) is 0 Å². The predicted octanol–water partition coefficient (Wildman–Crippen LogP) is 1.15. The Morgan fingerprint density at radius 1 is 1.12 bits per heavy atom. The molecule has 4 N–H and O–H groups in total. The van der Waals surface area contributed by atoms with Gasteiger partial charge in [0, 0.05) is 49.5 Å². The van der Waals surface area contributed by atoms with Crippen LogP contribution in [0.2, 0.25) is 0 Å². The van der Waals surface area contributed by atoms with Gasteiger partial charge in [0.25, 0.3) is 11.8 Å². The number of primary amides is 1. The molecule has 2 aliphatic rings. The first-order chi connectivity index (χ1) is 16.4. The number of piperidine rings is 1. The Bertz CT molecular complexity index is 1010. The Morgan fingerprint density at radius 3 is 2.53 bits per heavy atom. The molecule has 3 heterocycles. The SMILES string of the molecule is CC(C)NC1CCCN(c2nnc(C(N)=O)c(Nc3ccc(C(=O)N4CCOCC4)cc3)n2)C1. The topological polar surface area (TPSA) is 139 Å². The van der Waals surface area contributed by atoms with E-state index in [1.807, 2.05) is 0 Å². The molecule has 0 bridgehead atoms. The number of rotatable bonds is 7. The maximum Gasteiger partial charge on any atom is 0.273 e. The van der Waals surface area contributed by atoms with Crippen molar-refractivity contribution >= 4 is 29.3 Å². The quantitative estimate of drug-likeness (QED) is 0.546. The van der Waals surface area contributed by atoms with Gasteiger partial charge < -0.3 is 30.9 Å². The van der Waals surface area contributed by atoms with Gasteiger partial charge in [0.2, 0.25) is 5.95 Å². The number of anilines is 3. The molecule has 1 unspecified atom stereocenters. The molecule has 1 atom stereocenters. The normalized spacial score (nSPS) is 18.7. The molecular formula is C23H32N8O3. The molecule has 182 valence electrons. The lowest BCUT2D eigenvalue weighted by molar-refractivity contribution is 0.0303. The number of nitrogens with two attached hydrogens (primary N) is 1. The van der Waals surface area contributed by atoms with Gasteiger partial charge in [-0.05, 0) is 37.1 Å². The second kappa shape index (κ2) is 10.7. The van der Waals surface area contributed by atoms with Crippen LogP contribution in [0.4, 0.5) is 17.5 Å². The van der Waals surface area contributed by atoms with Gasteiger partial charge in [0.05, 0.1) is 13.2 Å². The number of aromatic nitrogens is 3. The Kier molecular flexibility index (Phi) is 7.53. The first-order valence-corrected chi connectivity index (χ1v) is 11.7. The summed E-state index contributed by atoms with van der Waals surface area (Å²) in [5.41, 5.74) is 6.72. The predicted molar refractivity (Wildman–Crippen MR) is 128 cm³/mol. The van der Waals surface area contributed by atoms with Crippen LogP contribution in [0, 0.1) is 0 Å². The fourth-order valence-electron chi connectivity index (χ4n) is 4.25. The molecule has 2 amide bonds. The summed E-state index contributed by atoms with van der Waals surface area (Å²) < 4.78 is 5.31. The van der Waals surface area contributed by atoms with E-state index in [9.17, 15) is 9.59 Å². The number of carbonyl (C=O) groups excluding carboxylic acids is 2. The van der Waals surface area contributed by atoms with Crippen LogP contribution < -0.4 is 21.3 Å². The van der Waals surface area contributed by atoms with E-state index >= 15 is 0 Å². The van der Waals surface area contributed by atoms with Crippen LogP contribution in [0.3, 0.4) is 0 Å². The molecule has 2 aliphatic heterocycles. The Morgan fingerprint density at radius 2 is 1.85 bits per heavy atom. The van der Waals surface area contributed by atoms with E-state index in [1.54, 1.807) is 29.2 Å². The summed E-state index contributed by atoms with van der Waals surface area (Å²) in [7, 11) is 0. The molecule has 11 heteroatoms. The van der Waals surface area contributed by atoms with Crippen LogP contribution in [0.1, 0.15) is 47.5 Å². The van der Waals surface area contributed by atoms with Crippen LogP contribution in [-0.2, 0) is 4.74 Å². The Hall–Kier alpha value is -3.31. The third-order valence-electron chi connectivity index (χ3n) is 5.88. The van der Waals surface area contributed by atoms with Crippen molar-refractivity contribution in [1.29, 1.82) is 0 Å². The molecule has 0 aliphatic carbocycles. The number of amides is 2. The van der Waals surface area contributed by atoms with E-state index in [0.29, 0.717) is 55.6 Å². The van der Waals surface area contributed by atoms with Gasteiger partial charge in [-0.1, -0.05) is 13.8 Å². The van der Waals surface area contributed by atoms with Crippen molar-refractivity contribution < 1.29 is 14.3 Å². The summed E-state index contributed by atoms with van der Waals surface area (Å²) >= 11 is 0. The van der Waals surface area contributed by atoms with Gasteiger partial charge in [-0.25, -0.2) is 0 Å². The number of carbonyl (C=O) groups is 2. The zero-order valence-corrected chi connectivity index (χ0v) is 19.7. The van der Waals surface area contributed by atoms with Crippen LogP contribution in [0.15, 0.2) is 24.3 Å². The second-order valence-corrected chi connectivity index (χ2v) is 8.89. The summed E-state index contributed by atoms with van der Waals surface area (Å²) in [4.78, 5) is 33.0. The summed E-state index contributed by atoms with van der Waals surface area (Å²) in [5, 5.41) is 14.9. The molecule has 2 fully saturated rings. The maximum atomic E-state index is 12.7. The highest BCUT2D eigenvalue weighted by Crippen LogP contribution is 2.22. The average molecular weight is 469 g/mol. The van der Waals surface area contributed by atoms with Gasteiger partial charge in [0.15, 0.2) is 11.5 Å². The fourth-order valence-corrected chi connectivity index (χ4v) is 4.25. The highest BCUT2D eigenvalue weighted by molar-refractivity contribution is 5.97. The van der Waals surface area contributed by atoms with Crippen LogP contribution in [0.5, 0.6) is 0 Å². The smallest absolute Gasteiger partial charge is 0.273 e. The second-order valence-electron chi connectivity index (χ2n) is 8.89. The molecule has 4 rings (SSSR count). The summed E-state index contributed by atoms with van der Waals surface area (Å²) in [5.74, 6) is -0.0648. The monoisotopic (exact) mass is 468 g/mol. The van der Waals surface area contributed by atoms with E-state index < -0.39 is 5.91 Å². The number of ether oxygens (including phenoxy) is 1. The van der Waals surface area contributed by atoms with Gasteiger partial charge >= 0.3 is 0 Å². The molecule has 34 heavy (non-hydrogen) atoms. The Labute approximate surface area is 199 Å².